The SMILES string of the molecule is Cc1ccccc1-n1cnnc1SCC(=O)NC(=O)NC(C)(C)C. The fourth-order valence-electron chi connectivity index (χ4n) is 1.99. The van der Waals surface area contributed by atoms with Gasteiger partial charge in [0.15, 0.2) is 5.16 Å². The number of benzene rings is 1. The van der Waals surface area contributed by atoms with Crippen molar-refractivity contribution in [3.8, 4) is 5.69 Å². The molecule has 0 fully saturated rings. The molecule has 1 heterocycles. The molecule has 0 spiro atoms. The molecule has 2 N–H and O–H groups in total. The van der Waals surface area contributed by atoms with Crippen molar-refractivity contribution in [2.45, 2.75) is 38.4 Å². The third-order valence-electron chi connectivity index (χ3n) is 2.97. The van der Waals surface area contributed by atoms with Crippen molar-refractivity contribution in [3.63, 3.8) is 0 Å². The lowest BCUT2D eigenvalue weighted by Gasteiger charge is -2.20. The lowest BCUT2D eigenvalue weighted by Crippen LogP contribution is -2.48. The van der Waals surface area contributed by atoms with E-state index in [1.165, 1.54) is 11.8 Å². The third kappa shape index (κ3) is 5.09. The van der Waals surface area contributed by atoms with E-state index in [1.807, 2.05) is 56.5 Å². The number of hydrogen-bond donors (Lipinski definition) is 2. The maximum absolute atomic E-state index is 11.9. The Kier molecular flexibility index (Phi) is 5.61. The lowest BCUT2D eigenvalue weighted by molar-refractivity contribution is -0.117. The van der Waals surface area contributed by atoms with Crippen molar-refractivity contribution in [1.82, 2.24) is 25.4 Å². The van der Waals surface area contributed by atoms with Gasteiger partial charge in [-0.15, -0.1) is 10.2 Å². The van der Waals surface area contributed by atoms with Crippen LogP contribution >= 0.6 is 11.8 Å². The Labute approximate surface area is 145 Å². The first kappa shape index (κ1) is 18.0. The summed E-state index contributed by atoms with van der Waals surface area (Å²) in [7, 11) is 0. The van der Waals surface area contributed by atoms with Gasteiger partial charge in [-0.25, -0.2) is 4.79 Å². The van der Waals surface area contributed by atoms with Crippen LogP contribution in [-0.2, 0) is 4.79 Å². The molecule has 0 aliphatic heterocycles. The summed E-state index contributed by atoms with van der Waals surface area (Å²) in [5, 5.41) is 13.5. The minimum Gasteiger partial charge on any atom is -0.333 e. The monoisotopic (exact) mass is 347 g/mol. The molecule has 7 nitrogen and oxygen atoms in total. The van der Waals surface area contributed by atoms with Gasteiger partial charge >= 0.3 is 6.03 Å². The molecule has 0 atom stereocenters. The number of amides is 3. The van der Waals surface area contributed by atoms with Gasteiger partial charge in [0.25, 0.3) is 0 Å². The van der Waals surface area contributed by atoms with Gasteiger partial charge in [-0.05, 0) is 39.3 Å². The van der Waals surface area contributed by atoms with Gasteiger partial charge < -0.3 is 5.32 Å². The second-order valence-electron chi connectivity index (χ2n) is 6.31. The number of carbonyl (C=O) groups excluding carboxylic acids is 2. The van der Waals surface area contributed by atoms with Crippen molar-refractivity contribution in [2.75, 3.05) is 5.75 Å². The molecular weight excluding hydrogens is 326 g/mol. The number of aryl methyl sites for hydroxylation is 1. The van der Waals surface area contributed by atoms with E-state index in [0.717, 1.165) is 11.3 Å². The normalized spacial score (nSPS) is 11.2. The maximum atomic E-state index is 11.9. The number of nitrogens with one attached hydrogen (secondary N) is 2. The molecule has 0 aliphatic rings. The van der Waals surface area contributed by atoms with Crippen LogP contribution in [0.3, 0.4) is 0 Å². The van der Waals surface area contributed by atoms with Gasteiger partial charge in [0.1, 0.15) is 6.33 Å². The Morgan fingerprint density at radius 1 is 1.25 bits per heavy atom. The highest BCUT2D eigenvalue weighted by molar-refractivity contribution is 7.99. The van der Waals surface area contributed by atoms with Crippen LogP contribution < -0.4 is 10.6 Å². The zero-order valence-electron chi connectivity index (χ0n) is 14.2. The van der Waals surface area contributed by atoms with Crippen molar-refractivity contribution in [3.05, 3.63) is 36.2 Å². The fourth-order valence-corrected chi connectivity index (χ4v) is 2.71. The molecular formula is C16H21N5O2S. The van der Waals surface area contributed by atoms with Crippen LogP contribution in [-0.4, -0.2) is 38.0 Å². The summed E-state index contributed by atoms with van der Waals surface area (Å²) < 4.78 is 1.82. The van der Waals surface area contributed by atoms with Crippen LogP contribution in [0.5, 0.6) is 0 Å². The van der Waals surface area contributed by atoms with Crippen LogP contribution in [0.25, 0.3) is 5.69 Å². The van der Waals surface area contributed by atoms with Crippen molar-refractivity contribution < 1.29 is 9.59 Å². The number of urea groups is 1. The second kappa shape index (κ2) is 7.48. The lowest BCUT2D eigenvalue weighted by atomic mass is 10.1. The highest BCUT2D eigenvalue weighted by atomic mass is 32.2. The van der Waals surface area contributed by atoms with Crippen molar-refractivity contribution in [1.29, 1.82) is 0 Å². The van der Waals surface area contributed by atoms with E-state index in [-0.39, 0.29) is 11.7 Å². The second-order valence-corrected chi connectivity index (χ2v) is 7.25. The molecule has 0 radical (unpaired) electrons. The third-order valence-corrected chi connectivity index (χ3v) is 3.91. The smallest absolute Gasteiger partial charge is 0.321 e. The molecule has 0 bridgehead atoms. The van der Waals surface area contributed by atoms with Crippen LogP contribution in [0.1, 0.15) is 26.3 Å². The van der Waals surface area contributed by atoms with Crippen LogP contribution in [0.2, 0.25) is 0 Å². The van der Waals surface area contributed by atoms with E-state index in [0.29, 0.717) is 5.16 Å². The summed E-state index contributed by atoms with van der Waals surface area (Å²) in [5.74, 6) is -0.316. The summed E-state index contributed by atoms with van der Waals surface area (Å²) in [6.45, 7) is 7.52. The zero-order valence-corrected chi connectivity index (χ0v) is 15.0. The summed E-state index contributed by atoms with van der Waals surface area (Å²) in [6.07, 6.45) is 1.61. The van der Waals surface area contributed by atoms with Crippen LogP contribution in [0.4, 0.5) is 4.79 Å². The molecule has 0 aliphatic carbocycles. The average Bonchev–Trinajstić information content (AvgIpc) is 2.91. The number of para-hydroxylation sites is 1. The molecule has 0 unspecified atom stereocenters. The quantitative estimate of drug-likeness (QED) is 0.829. The number of rotatable bonds is 4. The molecule has 24 heavy (non-hydrogen) atoms. The highest BCUT2D eigenvalue weighted by Gasteiger charge is 2.17. The predicted octanol–water partition coefficient (Wildman–Crippen LogP) is 2.29. The van der Waals surface area contributed by atoms with Gasteiger partial charge in [-0.1, -0.05) is 30.0 Å². The van der Waals surface area contributed by atoms with Gasteiger partial charge in [0.2, 0.25) is 5.91 Å². The first-order valence-corrected chi connectivity index (χ1v) is 8.45. The molecule has 2 rings (SSSR count). The van der Waals surface area contributed by atoms with E-state index >= 15 is 0 Å². The van der Waals surface area contributed by atoms with Gasteiger partial charge in [0.05, 0.1) is 11.4 Å². The Hall–Kier alpha value is -2.35. The number of aromatic nitrogens is 3. The molecule has 0 saturated carbocycles. The molecule has 3 amide bonds. The topological polar surface area (TPSA) is 88.9 Å². The molecule has 8 heteroatoms. The first-order chi connectivity index (χ1) is 11.3. The minimum absolute atomic E-state index is 0.0716. The summed E-state index contributed by atoms with van der Waals surface area (Å²) in [4.78, 5) is 23.6. The molecule has 0 saturated heterocycles. The standard InChI is InChI=1S/C16H21N5O2S/c1-11-7-5-6-8-12(11)21-10-17-20-15(21)24-9-13(22)18-14(23)19-16(2,3)4/h5-8,10H,9H2,1-4H3,(H2,18,19,22,23). The zero-order chi connectivity index (χ0) is 17.7. The van der Waals surface area contributed by atoms with E-state index < -0.39 is 11.6 Å². The fraction of sp³-hybridized carbons (Fsp3) is 0.375. The van der Waals surface area contributed by atoms with E-state index in [1.54, 1.807) is 6.33 Å². The van der Waals surface area contributed by atoms with Gasteiger partial charge in [-0.2, -0.15) is 0 Å². The minimum atomic E-state index is -0.506. The molecule has 1 aromatic carbocycles. The summed E-state index contributed by atoms with van der Waals surface area (Å²) in [6, 6.07) is 7.33. The summed E-state index contributed by atoms with van der Waals surface area (Å²) in [5.41, 5.74) is 1.63. The van der Waals surface area contributed by atoms with Crippen molar-refractivity contribution in [2.24, 2.45) is 0 Å². The molecule has 128 valence electrons. The number of carbonyl (C=O) groups is 2. The Morgan fingerprint density at radius 3 is 2.62 bits per heavy atom. The van der Waals surface area contributed by atoms with E-state index in [2.05, 4.69) is 20.8 Å². The van der Waals surface area contributed by atoms with E-state index in [9.17, 15) is 9.59 Å². The summed E-state index contributed by atoms with van der Waals surface area (Å²) >= 11 is 1.22. The molecule has 1 aromatic heterocycles. The number of imide groups is 1. The van der Waals surface area contributed by atoms with E-state index in [4.69, 9.17) is 0 Å². The number of thioether (sulfide) groups is 1. The van der Waals surface area contributed by atoms with Gasteiger partial charge in [-0.3, -0.25) is 14.7 Å². The van der Waals surface area contributed by atoms with Crippen LogP contribution in [0, 0.1) is 6.92 Å². The first-order valence-electron chi connectivity index (χ1n) is 7.47. The number of nitrogens with zero attached hydrogens (tertiary/aromatic N) is 3. The molecule has 2 aromatic rings. The van der Waals surface area contributed by atoms with Gasteiger partial charge in [0, 0.05) is 5.54 Å². The van der Waals surface area contributed by atoms with Crippen molar-refractivity contribution >= 4 is 23.7 Å². The number of hydrogen-bond acceptors (Lipinski definition) is 5. The van der Waals surface area contributed by atoms with Crippen LogP contribution in [0.15, 0.2) is 35.7 Å². The Morgan fingerprint density at radius 2 is 1.96 bits per heavy atom. The average molecular weight is 347 g/mol. The maximum Gasteiger partial charge on any atom is 0.321 e. The highest BCUT2D eigenvalue weighted by Crippen LogP contribution is 2.21. The Bertz CT molecular complexity index is 736. The predicted molar refractivity (Wildman–Crippen MR) is 93.2 cm³/mol. The Balaban J connectivity index is 1.96. The largest absolute Gasteiger partial charge is 0.333 e.